The topological polar surface area (TPSA) is 65.9 Å². The molecular formula is C28H35N3O3. The van der Waals surface area contributed by atoms with Gasteiger partial charge in [-0.25, -0.2) is 4.79 Å². The van der Waals surface area contributed by atoms with Gasteiger partial charge in [0.1, 0.15) is 17.7 Å². The summed E-state index contributed by atoms with van der Waals surface area (Å²) >= 11 is 0. The van der Waals surface area contributed by atoms with Gasteiger partial charge in [0, 0.05) is 42.0 Å². The minimum atomic E-state index is -1.21. The van der Waals surface area contributed by atoms with Crippen LogP contribution in [0.25, 0.3) is 0 Å². The van der Waals surface area contributed by atoms with E-state index in [1.54, 1.807) is 17.3 Å². The van der Waals surface area contributed by atoms with E-state index >= 15 is 0 Å². The van der Waals surface area contributed by atoms with Gasteiger partial charge in [-0.05, 0) is 44.0 Å². The number of aromatic nitrogens is 1. The van der Waals surface area contributed by atoms with Crippen LogP contribution in [0.1, 0.15) is 62.8 Å². The number of carbonyl (C=O) groups excluding carboxylic acids is 1. The Balaban J connectivity index is 1.73. The third kappa shape index (κ3) is 4.19. The maximum absolute atomic E-state index is 12.4. The molecule has 0 saturated carbocycles. The number of hydrogen-bond donors (Lipinski definition) is 1. The molecule has 6 heteroatoms. The number of rotatable bonds is 5. The molecule has 3 heterocycles. The number of ether oxygens (including phenoxy) is 1. The maximum Gasteiger partial charge on any atom is 0.411 e. The second-order valence-electron chi connectivity index (χ2n) is 10.8. The van der Waals surface area contributed by atoms with Gasteiger partial charge in [-0.15, -0.1) is 0 Å². The summed E-state index contributed by atoms with van der Waals surface area (Å²) in [4.78, 5) is 20.3. The Morgan fingerprint density at radius 3 is 2.38 bits per heavy atom. The molecule has 2 saturated heterocycles. The molecule has 6 nitrogen and oxygen atoms in total. The molecule has 0 bridgehead atoms. The summed E-state index contributed by atoms with van der Waals surface area (Å²) in [5, 5.41) is 12.4. The molecule has 1 aromatic carbocycles. The zero-order valence-electron chi connectivity index (χ0n) is 21.1. The number of likely N-dealkylation sites (tertiary alicyclic amines) is 1. The van der Waals surface area contributed by atoms with Crippen molar-refractivity contribution in [1.29, 1.82) is 0 Å². The first-order chi connectivity index (χ1) is 16.0. The van der Waals surface area contributed by atoms with Gasteiger partial charge in [-0.3, -0.25) is 9.88 Å². The lowest BCUT2D eigenvalue weighted by atomic mass is 9.62. The highest BCUT2D eigenvalue weighted by Crippen LogP contribution is 2.50. The number of aliphatic hydroxyl groups is 1. The molecule has 1 N–H and O–H groups in total. The first-order valence-corrected chi connectivity index (χ1v) is 11.9. The van der Waals surface area contributed by atoms with Crippen LogP contribution in [0, 0.1) is 17.3 Å². The van der Waals surface area contributed by atoms with Crippen molar-refractivity contribution in [2.75, 3.05) is 33.3 Å². The van der Waals surface area contributed by atoms with Crippen LogP contribution < -0.4 is 0 Å². The van der Waals surface area contributed by atoms with Crippen LogP contribution in [0.5, 0.6) is 0 Å². The smallest absolute Gasteiger partial charge is 0.411 e. The van der Waals surface area contributed by atoms with Gasteiger partial charge in [-0.1, -0.05) is 56.9 Å². The van der Waals surface area contributed by atoms with E-state index < -0.39 is 11.1 Å². The maximum atomic E-state index is 12.4. The predicted molar refractivity (Wildman–Crippen MR) is 132 cm³/mol. The molecule has 1 aromatic heterocycles. The van der Waals surface area contributed by atoms with Gasteiger partial charge in [-0.2, -0.15) is 0 Å². The summed E-state index contributed by atoms with van der Waals surface area (Å²) in [6.45, 7) is 12.7. The highest BCUT2D eigenvalue weighted by molar-refractivity contribution is 5.71. The molecule has 1 unspecified atom stereocenters. The molecule has 0 aliphatic carbocycles. The molecule has 0 radical (unpaired) electrons. The standard InChI is InChI=1S/C28H35N3O3/c1-20(2)22-7-9-23(10-8-22)28(33,27(5)18-30(6)19-27)24-15-21(16-29-17-24)11-12-26(3,4)31-13-14-34-25(31)32/h7-10,15-17,20,33H,13-14,18-19H2,1-6H3. The first-order valence-electron chi connectivity index (χ1n) is 11.9. The van der Waals surface area contributed by atoms with E-state index in [-0.39, 0.29) is 11.5 Å². The van der Waals surface area contributed by atoms with Gasteiger partial charge < -0.3 is 14.7 Å². The van der Waals surface area contributed by atoms with Crippen molar-refractivity contribution in [3.63, 3.8) is 0 Å². The van der Waals surface area contributed by atoms with E-state index in [0.717, 1.165) is 24.2 Å². The minimum Gasteiger partial charge on any atom is -0.447 e. The van der Waals surface area contributed by atoms with E-state index in [1.807, 2.05) is 32.0 Å². The van der Waals surface area contributed by atoms with Gasteiger partial charge in [0.15, 0.2) is 0 Å². The second kappa shape index (κ2) is 8.72. The summed E-state index contributed by atoms with van der Waals surface area (Å²) in [5.41, 5.74) is 1.27. The van der Waals surface area contributed by atoms with E-state index in [9.17, 15) is 9.90 Å². The van der Waals surface area contributed by atoms with Crippen LogP contribution in [0.4, 0.5) is 4.79 Å². The Hall–Kier alpha value is -2.88. The summed E-state index contributed by atoms with van der Waals surface area (Å²) in [5.74, 6) is 6.81. The lowest BCUT2D eigenvalue weighted by Gasteiger charge is -2.55. The lowest BCUT2D eigenvalue weighted by molar-refractivity contribution is -0.127. The lowest BCUT2D eigenvalue weighted by Crippen LogP contribution is -2.63. The molecule has 0 spiro atoms. The number of carbonyl (C=O) groups is 1. The fourth-order valence-corrected chi connectivity index (χ4v) is 5.25. The number of benzene rings is 1. The van der Waals surface area contributed by atoms with Crippen LogP contribution in [0.3, 0.4) is 0 Å². The quantitative estimate of drug-likeness (QED) is 0.683. The summed E-state index contributed by atoms with van der Waals surface area (Å²) < 4.78 is 5.07. The molecular weight excluding hydrogens is 426 g/mol. The van der Waals surface area contributed by atoms with Crippen molar-refractivity contribution < 1.29 is 14.6 Å². The first kappa shape index (κ1) is 24.3. The van der Waals surface area contributed by atoms with E-state index in [1.165, 1.54) is 5.56 Å². The second-order valence-corrected chi connectivity index (χ2v) is 10.8. The normalized spacial score (nSPS) is 19.8. The fourth-order valence-electron chi connectivity index (χ4n) is 5.25. The SMILES string of the molecule is CC(C)c1ccc(C(O)(c2cncc(C#CC(C)(C)N3CCOC3=O)c2)C2(C)CN(C)C2)cc1. The molecule has 34 heavy (non-hydrogen) atoms. The van der Waals surface area contributed by atoms with Crippen LogP contribution >= 0.6 is 0 Å². The highest BCUT2D eigenvalue weighted by Gasteiger charge is 2.55. The molecule has 180 valence electrons. The molecule has 4 rings (SSSR count). The van der Waals surface area contributed by atoms with Crippen molar-refractivity contribution in [3.05, 3.63) is 65.0 Å². The van der Waals surface area contributed by atoms with Crippen LogP contribution in [-0.2, 0) is 10.3 Å². The van der Waals surface area contributed by atoms with E-state index in [2.05, 4.69) is 61.7 Å². The largest absolute Gasteiger partial charge is 0.447 e. The Labute approximate surface area is 202 Å². The fraction of sp³-hybridized carbons (Fsp3) is 0.500. The van der Waals surface area contributed by atoms with Crippen molar-refractivity contribution in [2.45, 2.75) is 51.7 Å². The summed E-state index contributed by atoms with van der Waals surface area (Å²) in [7, 11) is 2.07. The third-order valence-electron chi connectivity index (χ3n) is 7.21. The van der Waals surface area contributed by atoms with Crippen LogP contribution in [0.15, 0.2) is 42.7 Å². The zero-order chi connectivity index (χ0) is 24.7. The zero-order valence-corrected chi connectivity index (χ0v) is 21.1. The molecule has 1 amide bonds. The van der Waals surface area contributed by atoms with Crippen molar-refractivity contribution in [3.8, 4) is 11.8 Å². The van der Waals surface area contributed by atoms with Crippen molar-refractivity contribution in [2.24, 2.45) is 5.41 Å². The van der Waals surface area contributed by atoms with Crippen LogP contribution in [0.2, 0.25) is 0 Å². The molecule has 2 aromatic rings. The number of amides is 1. The van der Waals surface area contributed by atoms with Crippen molar-refractivity contribution >= 4 is 6.09 Å². The predicted octanol–water partition coefficient (Wildman–Crippen LogP) is 3.97. The molecule has 2 aliphatic rings. The van der Waals surface area contributed by atoms with E-state index in [0.29, 0.717) is 24.6 Å². The van der Waals surface area contributed by atoms with Gasteiger partial charge >= 0.3 is 6.09 Å². The number of pyridine rings is 1. The Morgan fingerprint density at radius 1 is 1.15 bits per heavy atom. The van der Waals surface area contributed by atoms with Gasteiger partial charge in [0.05, 0.1) is 6.54 Å². The summed E-state index contributed by atoms with van der Waals surface area (Å²) in [6.07, 6.45) is 3.10. The molecule has 2 aliphatic heterocycles. The van der Waals surface area contributed by atoms with Gasteiger partial charge in [0.2, 0.25) is 0 Å². The number of cyclic esters (lactones) is 1. The Bertz CT molecular complexity index is 1120. The van der Waals surface area contributed by atoms with Crippen LogP contribution in [-0.4, -0.2) is 64.8 Å². The molecule has 2 fully saturated rings. The Kier molecular flexibility index (Phi) is 6.22. The highest BCUT2D eigenvalue weighted by atomic mass is 16.6. The molecule has 1 atom stereocenters. The monoisotopic (exact) mass is 461 g/mol. The van der Waals surface area contributed by atoms with E-state index in [4.69, 9.17) is 4.74 Å². The van der Waals surface area contributed by atoms with Crippen molar-refractivity contribution in [1.82, 2.24) is 14.8 Å². The minimum absolute atomic E-state index is 0.340. The number of hydrogen-bond acceptors (Lipinski definition) is 5. The summed E-state index contributed by atoms with van der Waals surface area (Å²) in [6, 6.07) is 10.2. The third-order valence-corrected chi connectivity index (χ3v) is 7.21. The average Bonchev–Trinajstić information content (AvgIpc) is 3.23. The average molecular weight is 462 g/mol. The number of nitrogens with zero attached hydrogens (tertiary/aromatic N) is 3. The Morgan fingerprint density at radius 2 is 1.82 bits per heavy atom. The van der Waals surface area contributed by atoms with Gasteiger partial charge in [0.25, 0.3) is 0 Å².